The van der Waals surface area contributed by atoms with Gasteiger partial charge in [-0.2, -0.15) is 0 Å². The summed E-state index contributed by atoms with van der Waals surface area (Å²) >= 11 is 0. The number of benzene rings is 1. The van der Waals surface area contributed by atoms with E-state index in [-0.39, 0.29) is 12.5 Å². The van der Waals surface area contributed by atoms with E-state index >= 15 is 0 Å². The summed E-state index contributed by atoms with van der Waals surface area (Å²) in [5.74, 6) is 1.08. The third-order valence-electron chi connectivity index (χ3n) is 2.64. The summed E-state index contributed by atoms with van der Waals surface area (Å²) in [6.07, 6.45) is 3.81. The van der Waals surface area contributed by atoms with E-state index in [9.17, 15) is 9.90 Å². The largest absolute Gasteiger partial charge is 0.493 e. The van der Waals surface area contributed by atoms with Crippen LogP contribution in [-0.4, -0.2) is 25.1 Å². The zero-order valence-electron chi connectivity index (χ0n) is 9.42. The molecule has 1 aliphatic heterocycles. The molecule has 1 heterocycles. The molecule has 1 unspecified atom stereocenters. The summed E-state index contributed by atoms with van der Waals surface area (Å²) < 4.78 is 10.6. The predicted molar refractivity (Wildman–Crippen MR) is 62.8 cm³/mol. The Hall–Kier alpha value is -1.81. The third-order valence-corrected chi connectivity index (χ3v) is 2.64. The number of ether oxygens (including phenoxy) is 2. The zero-order chi connectivity index (χ0) is 12.3. The molecule has 0 fully saturated rings. The number of carbonyl (C=O) groups excluding carboxylic acids is 1. The Balaban J connectivity index is 2.46. The van der Waals surface area contributed by atoms with Gasteiger partial charge in [-0.1, -0.05) is 6.08 Å². The van der Waals surface area contributed by atoms with E-state index in [1.165, 1.54) is 6.08 Å². The fourth-order valence-electron chi connectivity index (χ4n) is 1.81. The molecule has 2 rings (SSSR count). The second kappa shape index (κ2) is 5.01. The molecule has 0 saturated carbocycles. The van der Waals surface area contributed by atoms with Gasteiger partial charge in [0, 0.05) is 5.56 Å². The number of aldehydes is 1. The lowest BCUT2D eigenvalue weighted by molar-refractivity contribution is -0.104. The maximum atomic E-state index is 10.3. The normalized spacial score (nSPS) is 17.9. The quantitative estimate of drug-likeness (QED) is 0.633. The van der Waals surface area contributed by atoms with Gasteiger partial charge in [-0.05, 0) is 23.8 Å². The van der Waals surface area contributed by atoms with Crippen LogP contribution in [0.4, 0.5) is 0 Å². The Bertz CT molecular complexity index is 451. The lowest BCUT2D eigenvalue weighted by atomic mass is 9.99. The fourth-order valence-corrected chi connectivity index (χ4v) is 1.81. The van der Waals surface area contributed by atoms with E-state index in [1.807, 2.05) is 6.07 Å². The van der Waals surface area contributed by atoms with E-state index in [0.29, 0.717) is 17.8 Å². The summed E-state index contributed by atoms with van der Waals surface area (Å²) in [5.41, 5.74) is 1.71. The minimum atomic E-state index is -0.150. The molecule has 4 nitrogen and oxygen atoms in total. The van der Waals surface area contributed by atoms with E-state index < -0.39 is 0 Å². The van der Waals surface area contributed by atoms with Crippen molar-refractivity contribution in [1.29, 1.82) is 0 Å². The van der Waals surface area contributed by atoms with Crippen LogP contribution in [0.15, 0.2) is 18.2 Å². The van der Waals surface area contributed by atoms with Crippen LogP contribution < -0.4 is 9.47 Å². The van der Waals surface area contributed by atoms with Crippen molar-refractivity contribution in [2.45, 2.75) is 5.92 Å². The van der Waals surface area contributed by atoms with Crippen molar-refractivity contribution in [1.82, 2.24) is 0 Å². The first-order chi connectivity index (χ1) is 8.30. The lowest BCUT2D eigenvalue weighted by Crippen LogP contribution is -1.99. The molecule has 0 aliphatic carbocycles. The number of rotatable bonds is 4. The van der Waals surface area contributed by atoms with Gasteiger partial charge in [0.1, 0.15) is 12.9 Å². The third kappa shape index (κ3) is 2.17. The maximum absolute atomic E-state index is 10.3. The zero-order valence-corrected chi connectivity index (χ0v) is 9.42. The van der Waals surface area contributed by atoms with Gasteiger partial charge in [-0.3, -0.25) is 4.79 Å². The number of hydrogen-bond donors (Lipinski definition) is 1. The molecule has 1 atom stereocenters. The van der Waals surface area contributed by atoms with Gasteiger partial charge in [0.15, 0.2) is 11.5 Å². The molecule has 1 aromatic carbocycles. The van der Waals surface area contributed by atoms with Gasteiger partial charge >= 0.3 is 0 Å². The van der Waals surface area contributed by atoms with Crippen molar-refractivity contribution in [2.24, 2.45) is 0 Å². The summed E-state index contributed by atoms with van der Waals surface area (Å²) in [6.45, 7) is 1.57. The summed E-state index contributed by atoms with van der Waals surface area (Å²) in [7, 11) is 1.55. The summed E-state index contributed by atoms with van der Waals surface area (Å²) in [6, 6.07) is 3.66. The highest BCUT2D eigenvalue weighted by Gasteiger charge is 2.27. The average Bonchev–Trinajstić information content (AvgIpc) is 2.78. The molecule has 0 amide bonds. The number of hydrogen-bond acceptors (Lipinski definition) is 4. The lowest BCUT2D eigenvalue weighted by Gasteiger charge is -2.09. The van der Waals surface area contributed by atoms with E-state index in [2.05, 4.69) is 0 Å². The number of aliphatic hydroxyl groups excluding tert-OH is 1. The number of carbonyl (C=O) groups is 1. The Morgan fingerprint density at radius 1 is 1.53 bits per heavy atom. The molecule has 0 bridgehead atoms. The smallest absolute Gasteiger partial charge is 0.165 e. The first-order valence-electron chi connectivity index (χ1n) is 5.24. The number of fused-ring (bicyclic) bond motifs is 1. The van der Waals surface area contributed by atoms with Crippen molar-refractivity contribution in [3.63, 3.8) is 0 Å². The van der Waals surface area contributed by atoms with Crippen LogP contribution in [0.5, 0.6) is 11.5 Å². The van der Waals surface area contributed by atoms with Crippen LogP contribution in [0.2, 0.25) is 0 Å². The number of allylic oxidation sites excluding steroid dienone is 1. The van der Waals surface area contributed by atoms with Gasteiger partial charge in [0.05, 0.1) is 19.6 Å². The van der Waals surface area contributed by atoms with E-state index in [4.69, 9.17) is 9.47 Å². The van der Waals surface area contributed by atoms with Crippen molar-refractivity contribution in [3.8, 4) is 11.5 Å². The first kappa shape index (κ1) is 11.7. The SMILES string of the molecule is COc1cc(/C=C/C=O)cc2c1O[CH]C2CO. The molecular weight excluding hydrogens is 220 g/mol. The Morgan fingerprint density at radius 2 is 2.35 bits per heavy atom. The predicted octanol–water partition coefficient (Wildman–Crippen LogP) is 1.54. The Morgan fingerprint density at radius 3 is 3.00 bits per heavy atom. The minimum absolute atomic E-state index is 0.0169. The van der Waals surface area contributed by atoms with Crippen LogP contribution in [-0.2, 0) is 4.79 Å². The average molecular weight is 233 g/mol. The molecule has 0 spiro atoms. The van der Waals surface area contributed by atoms with Crippen molar-refractivity contribution >= 4 is 12.4 Å². The highest BCUT2D eigenvalue weighted by Crippen LogP contribution is 2.43. The molecule has 89 valence electrons. The number of aliphatic hydroxyl groups is 1. The van der Waals surface area contributed by atoms with Crippen LogP contribution in [0, 0.1) is 6.61 Å². The Kier molecular flexibility index (Phi) is 3.44. The Labute approximate surface area is 99.5 Å². The number of methoxy groups -OCH3 is 1. The first-order valence-corrected chi connectivity index (χ1v) is 5.24. The molecule has 1 N–H and O–H groups in total. The van der Waals surface area contributed by atoms with Gasteiger partial charge in [-0.25, -0.2) is 0 Å². The van der Waals surface area contributed by atoms with Gasteiger partial charge in [-0.15, -0.1) is 0 Å². The van der Waals surface area contributed by atoms with Gasteiger partial charge < -0.3 is 14.6 Å². The van der Waals surface area contributed by atoms with Gasteiger partial charge in [0.2, 0.25) is 0 Å². The monoisotopic (exact) mass is 233 g/mol. The maximum Gasteiger partial charge on any atom is 0.165 e. The summed E-state index contributed by atoms with van der Waals surface area (Å²) in [4.78, 5) is 10.3. The van der Waals surface area contributed by atoms with Crippen molar-refractivity contribution in [3.05, 3.63) is 35.9 Å². The molecule has 17 heavy (non-hydrogen) atoms. The topological polar surface area (TPSA) is 55.8 Å². The molecule has 1 aliphatic rings. The van der Waals surface area contributed by atoms with Crippen molar-refractivity contribution in [2.75, 3.05) is 13.7 Å². The minimum Gasteiger partial charge on any atom is -0.493 e. The molecule has 1 radical (unpaired) electrons. The molecular formula is C13H13O4. The molecule has 0 saturated heterocycles. The van der Waals surface area contributed by atoms with Gasteiger partial charge in [0.25, 0.3) is 0 Å². The molecule has 1 aromatic rings. The molecule has 0 aromatic heterocycles. The molecule has 4 heteroatoms. The van der Waals surface area contributed by atoms with E-state index in [0.717, 1.165) is 11.1 Å². The van der Waals surface area contributed by atoms with Crippen LogP contribution in [0.25, 0.3) is 6.08 Å². The highest BCUT2D eigenvalue weighted by atomic mass is 16.5. The summed E-state index contributed by atoms with van der Waals surface area (Å²) in [5, 5.41) is 9.22. The second-order valence-corrected chi connectivity index (χ2v) is 3.68. The second-order valence-electron chi connectivity index (χ2n) is 3.68. The standard InChI is InChI=1S/C13H13O4/c1-16-12-6-9(3-2-4-14)5-11-10(7-15)8-17-13(11)12/h2-6,8,10,15H,7H2,1H3/b3-2+. The van der Waals surface area contributed by atoms with Crippen LogP contribution in [0.1, 0.15) is 17.0 Å². The van der Waals surface area contributed by atoms with E-state index in [1.54, 1.807) is 25.9 Å². The van der Waals surface area contributed by atoms with Crippen molar-refractivity contribution < 1.29 is 19.4 Å². The highest BCUT2D eigenvalue weighted by molar-refractivity contribution is 5.75. The fraction of sp³-hybridized carbons (Fsp3) is 0.231. The van der Waals surface area contributed by atoms with Crippen LogP contribution >= 0.6 is 0 Å². The van der Waals surface area contributed by atoms with Crippen LogP contribution in [0.3, 0.4) is 0 Å².